The molecule has 7 nitrogen and oxygen atoms in total. The predicted octanol–water partition coefficient (Wildman–Crippen LogP) is 0.652. The number of aryl methyl sites for hydroxylation is 1. The van der Waals surface area contributed by atoms with E-state index in [9.17, 15) is 4.79 Å². The quantitative estimate of drug-likeness (QED) is 0.848. The Hall–Kier alpha value is -2.15. The molecule has 0 amide bonds. The van der Waals surface area contributed by atoms with Gasteiger partial charge < -0.3 is 14.8 Å². The summed E-state index contributed by atoms with van der Waals surface area (Å²) in [4.78, 5) is 17.8. The maximum absolute atomic E-state index is 11.2. The summed E-state index contributed by atoms with van der Waals surface area (Å²) in [5.74, 6) is 1.88. The first-order valence-corrected chi connectivity index (χ1v) is 7.73. The van der Waals surface area contributed by atoms with Crippen molar-refractivity contribution < 1.29 is 0 Å². The summed E-state index contributed by atoms with van der Waals surface area (Å²) < 4.78 is 2.02. The van der Waals surface area contributed by atoms with Crippen LogP contribution in [0.4, 0.5) is 5.82 Å². The van der Waals surface area contributed by atoms with E-state index in [1.54, 1.807) is 6.07 Å². The summed E-state index contributed by atoms with van der Waals surface area (Å²) in [5, 5.41) is 10.2. The van der Waals surface area contributed by atoms with Gasteiger partial charge in [-0.2, -0.15) is 5.10 Å². The topological polar surface area (TPSA) is 78.8 Å². The molecule has 1 atom stereocenters. The molecule has 2 aromatic heterocycles. The first kappa shape index (κ1) is 14.8. The fraction of sp³-hybridized carbons (Fsp3) is 0.533. The minimum atomic E-state index is -0.162. The highest BCUT2D eigenvalue weighted by Crippen LogP contribution is 2.21. The summed E-state index contributed by atoms with van der Waals surface area (Å²) in [6, 6.07) is 3.73. The molecule has 0 spiro atoms. The Morgan fingerprint density at radius 2 is 2.32 bits per heavy atom. The zero-order valence-corrected chi connectivity index (χ0v) is 12.8. The number of anilines is 1. The standard InChI is InChI=1S/C15H22N6O/c1-20-9-7-17-14(20)11-16-10-12-4-2-3-8-21(12)13-5-6-15(22)19-18-13/h5-7,9,12,16H,2-4,8,10-11H2,1H3,(H,19,22). The normalized spacial score (nSPS) is 18.6. The molecule has 1 fully saturated rings. The van der Waals surface area contributed by atoms with Crippen LogP contribution in [-0.2, 0) is 13.6 Å². The first-order valence-electron chi connectivity index (χ1n) is 7.73. The van der Waals surface area contributed by atoms with E-state index in [1.165, 1.54) is 12.5 Å². The average Bonchev–Trinajstić information content (AvgIpc) is 2.94. The van der Waals surface area contributed by atoms with Crippen molar-refractivity contribution in [1.29, 1.82) is 0 Å². The van der Waals surface area contributed by atoms with Gasteiger partial charge in [-0.1, -0.05) is 0 Å². The average molecular weight is 302 g/mol. The lowest BCUT2D eigenvalue weighted by Gasteiger charge is -2.36. The number of imidazole rings is 1. The monoisotopic (exact) mass is 302 g/mol. The summed E-state index contributed by atoms with van der Waals surface area (Å²) in [6.07, 6.45) is 7.29. The summed E-state index contributed by atoms with van der Waals surface area (Å²) in [5.41, 5.74) is -0.162. The molecule has 2 N–H and O–H groups in total. The van der Waals surface area contributed by atoms with Crippen molar-refractivity contribution in [3.63, 3.8) is 0 Å². The van der Waals surface area contributed by atoms with Crippen LogP contribution in [0.25, 0.3) is 0 Å². The Morgan fingerprint density at radius 3 is 3.05 bits per heavy atom. The van der Waals surface area contributed by atoms with Crippen molar-refractivity contribution in [2.45, 2.75) is 31.8 Å². The molecule has 3 rings (SSSR count). The molecular formula is C15H22N6O. The number of hydrogen-bond donors (Lipinski definition) is 2. The van der Waals surface area contributed by atoms with Crippen LogP contribution in [0.15, 0.2) is 29.3 Å². The molecule has 2 aromatic rings. The molecule has 0 bridgehead atoms. The smallest absolute Gasteiger partial charge is 0.264 e. The second kappa shape index (κ2) is 6.74. The van der Waals surface area contributed by atoms with Crippen LogP contribution in [0.5, 0.6) is 0 Å². The van der Waals surface area contributed by atoms with Crippen LogP contribution < -0.4 is 15.8 Å². The zero-order chi connectivity index (χ0) is 15.4. The van der Waals surface area contributed by atoms with Crippen molar-refractivity contribution in [2.24, 2.45) is 7.05 Å². The van der Waals surface area contributed by atoms with Crippen LogP contribution in [0.3, 0.4) is 0 Å². The van der Waals surface area contributed by atoms with E-state index >= 15 is 0 Å². The molecule has 118 valence electrons. The molecular weight excluding hydrogens is 280 g/mol. The predicted molar refractivity (Wildman–Crippen MR) is 84.8 cm³/mol. The van der Waals surface area contributed by atoms with Crippen LogP contribution in [0.2, 0.25) is 0 Å². The second-order valence-corrected chi connectivity index (χ2v) is 5.71. The Bertz CT molecular complexity index is 644. The molecule has 1 aliphatic rings. The first-order chi connectivity index (χ1) is 10.7. The van der Waals surface area contributed by atoms with Gasteiger partial charge in [0.25, 0.3) is 5.56 Å². The van der Waals surface area contributed by atoms with Gasteiger partial charge in [-0.05, 0) is 25.3 Å². The maximum atomic E-state index is 11.2. The Morgan fingerprint density at radius 1 is 1.41 bits per heavy atom. The number of H-pyrrole nitrogens is 1. The summed E-state index contributed by atoms with van der Waals surface area (Å²) in [7, 11) is 2.00. The van der Waals surface area contributed by atoms with E-state index in [4.69, 9.17) is 0 Å². The number of rotatable bonds is 5. The molecule has 1 saturated heterocycles. The largest absolute Gasteiger partial charge is 0.351 e. The van der Waals surface area contributed by atoms with Gasteiger partial charge in [0, 0.05) is 44.6 Å². The van der Waals surface area contributed by atoms with Crippen LogP contribution in [0.1, 0.15) is 25.1 Å². The molecule has 1 unspecified atom stereocenters. The lowest BCUT2D eigenvalue weighted by Crippen LogP contribution is -2.46. The Balaban J connectivity index is 1.61. The van der Waals surface area contributed by atoms with E-state index in [2.05, 4.69) is 25.4 Å². The molecule has 0 saturated carbocycles. The van der Waals surface area contributed by atoms with Crippen LogP contribution >= 0.6 is 0 Å². The van der Waals surface area contributed by atoms with Gasteiger partial charge in [0.05, 0.1) is 6.54 Å². The van der Waals surface area contributed by atoms with Crippen molar-refractivity contribution >= 4 is 5.82 Å². The Labute approximate surface area is 129 Å². The van der Waals surface area contributed by atoms with Crippen LogP contribution in [-0.4, -0.2) is 38.9 Å². The number of nitrogens with zero attached hydrogens (tertiary/aromatic N) is 4. The van der Waals surface area contributed by atoms with Crippen molar-refractivity contribution in [1.82, 2.24) is 25.1 Å². The molecule has 7 heteroatoms. The lowest BCUT2D eigenvalue weighted by molar-refractivity contribution is 0.428. The van der Waals surface area contributed by atoms with Gasteiger partial charge in [-0.3, -0.25) is 4.79 Å². The van der Waals surface area contributed by atoms with E-state index in [0.717, 1.165) is 44.1 Å². The third-order valence-electron chi connectivity index (χ3n) is 4.17. The number of aromatic nitrogens is 4. The number of nitrogens with one attached hydrogen (secondary N) is 2. The lowest BCUT2D eigenvalue weighted by atomic mass is 10.0. The molecule has 3 heterocycles. The third-order valence-corrected chi connectivity index (χ3v) is 4.17. The molecule has 0 aliphatic carbocycles. The highest BCUT2D eigenvalue weighted by molar-refractivity contribution is 5.38. The van der Waals surface area contributed by atoms with Gasteiger partial charge in [0.2, 0.25) is 0 Å². The summed E-state index contributed by atoms with van der Waals surface area (Å²) in [6.45, 7) is 2.62. The van der Waals surface area contributed by atoms with Gasteiger partial charge >= 0.3 is 0 Å². The maximum Gasteiger partial charge on any atom is 0.264 e. The second-order valence-electron chi connectivity index (χ2n) is 5.71. The Kier molecular flexibility index (Phi) is 4.53. The summed E-state index contributed by atoms with van der Waals surface area (Å²) >= 11 is 0. The highest BCUT2D eigenvalue weighted by atomic mass is 16.1. The third kappa shape index (κ3) is 3.36. The minimum Gasteiger partial charge on any atom is -0.351 e. The SMILES string of the molecule is Cn1ccnc1CNCC1CCCCN1c1ccc(=O)[nH]n1. The highest BCUT2D eigenvalue weighted by Gasteiger charge is 2.23. The van der Waals surface area contributed by atoms with Crippen LogP contribution in [0, 0.1) is 0 Å². The van der Waals surface area contributed by atoms with Gasteiger partial charge in [-0.25, -0.2) is 10.1 Å². The van der Waals surface area contributed by atoms with Crippen molar-refractivity contribution in [3.05, 3.63) is 40.7 Å². The van der Waals surface area contributed by atoms with E-state index in [1.807, 2.05) is 24.0 Å². The zero-order valence-electron chi connectivity index (χ0n) is 12.8. The van der Waals surface area contributed by atoms with Gasteiger partial charge in [0.15, 0.2) is 0 Å². The van der Waals surface area contributed by atoms with Gasteiger partial charge in [0.1, 0.15) is 11.6 Å². The molecule has 1 aliphatic heterocycles. The van der Waals surface area contributed by atoms with E-state index in [0.29, 0.717) is 6.04 Å². The molecule has 0 radical (unpaired) electrons. The minimum absolute atomic E-state index is 0.162. The fourth-order valence-corrected chi connectivity index (χ4v) is 2.93. The van der Waals surface area contributed by atoms with E-state index in [-0.39, 0.29) is 5.56 Å². The number of piperidine rings is 1. The molecule has 0 aromatic carbocycles. The number of aromatic amines is 1. The van der Waals surface area contributed by atoms with Crippen molar-refractivity contribution in [3.8, 4) is 0 Å². The van der Waals surface area contributed by atoms with E-state index < -0.39 is 0 Å². The van der Waals surface area contributed by atoms with Gasteiger partial charge in [-0.15, -0.1) is 0 Å². The van der Waals surface area contributed by atoms with Crippen molar-refractivity contribution in [2.75, 3.05) is 18.0 Å². The molecule has 22 heavy (non-hydrogen) atoms. The number of hydrogen-bond acceptors (Lipinski definition) is 5. The fourth-order valence-electron chi connectivity index (χ4n) is 2.93.